The van der Waals surface area contributed by atoms with Gasteiger partial charge in [0.25, 0.3) is 0 Å². The molecule has 3 aromatic rings. The fraction of sp³-hybridized carbons (Fsp3) is 0.231. The quantitative estimate of drug-likeness (QED) is 0.539. The number of hydrogen-bond acceptors (Lipinski definition) is 2. The Morgan fingerprint density at radius 3 is 1.70 bits per heavy atom. The number of hydrogen-bond donors (Lipinski definition) is 2. The Morgan fingerprint density at radius 2 is 1.13 bits per heavy atom. The minimum absolute atomic E-state index is 0.0464. The predicted octanol–water partition coefficient (Wildman–Crippen LogP) is 4.07. The highest BCUT2D eigenvalue weighted by Crippen LogP contribution is 2.27. The van der Waals surface area contributed by atoms with Gasteiger partial charge in [-0.15, -0.1) is 0 Å². The summed E-state index contributed by atoms with van der Waals surface area (Å²) in [5.41, 5.74) is 3.45. The molecule has 0 saturated carbocycles. The van der Waals surface area contributed by atoms with Gasteiger partial charge in [0.05, 0.1) is 6.42 Å². The first-order chi connectivity index (χ1) is 14.7. The largest absolute Gasteiger partial charge is 0.356 e. The van der Waals surface area contributed by atoms with E-state index < -0.39 is 0 Å². The molecule has 0 bridgehead atoms. The number of rotatable bonds is 10. The van der Waals surface area contributed by atoms with Crippen LogP contribution in [-0.4, -0.2) is 24.9 Å². The van der Waals surface area contributed by atoms with Gasteiger partial charge in [-0.05, 0) is 23.1 Å². The molecule has 0 spiro atoms. The van der Waals surface area contributed by atoms with Gasteiger partial charge in [-0.2, -0.15) is 0 Å². The number of amides is 2. The van der Waals surface area contributed by atoms with Crippen LogP contribution in [0.4, 0.5) is 0 Å². The summed E-state index contributed by atoms with van der Waals surface area (Å²) in [4.78, 5) is 24.1. The second-order valence-electron chi connectivity index (χ2n) is 7.27. The van der Waals surface area contributed by atoms with E-state index in [0.717, 1.165) is 12.0 Å². The number of carbonyl (C=O) groups is 2. The first-order valence-electron chi connectivity index (χ1n) is 10.4. The minimum atomic E-state index is -0.0674. The lowest BCUT2D eigenvalue weighted by Gasteiger charge is -2.18. The van der Waals surface area contributed by atoms with E-state index >= 15 is 0 Å². The Kier molecular flexibility index (Phi) is 8.22. The maximum absolute atomic E-state index is 12.2. The highest BCUT2D eigenvalue weighted by atomic mass is 16.2. The lowest BCUT2D eigenvalue weighted by atomic mass is 9.88. The van der Waals surface area contributed by atoms with Crippen molar-refractivity contribution >= 4 is 11.8 Å². The van der Waals surface area contributed by atoms with Crippen molar-refractivity contribution in [3.63, 3.8) is 0 Å². The van der Waals surface area contributed by atoms with Gasteiger partial charge in [0.15, 0.2) is 0 Å². The zero-order valence-corrected chi connectivity index (χ0v) is 17.1. The van der Waals surface area contributed by atoms with E-state index in [2.05, 4.69) is 34.9 Å². The Hall–Kier alpha value is -3.40. The highest BCUT2D eigenvalue weighted by Gasteiger charge is 2.14. The van der Waals surface area contributed by atoms with Gasteiger partial charge in [-0.1, -0.05) is 91.0 Å². The van der Waals surface area contributed by atoms with Gasteiger partial charge in [0.1, 0.15) is 0 Å². The van der Waals surface area contributed by atoms with Crippen molar-refractivity contribution in [3.05, 3.63) is 108 Å². The van der Waals surface area contributed by atoms with Crippen LogP contribution < -0.4 is 10.6 Å². The Balaban J connectivity index is 1.41. The summed E-state index contributed by atoms with van der Waals surface area (Å²) in [5, 5.41) is 5.80. The average Bonchev–Trinajstić information content (AvgIpc) is 2.78. The molecule has 3 aromatic carbocycles. The van der Waals surface area contributed by atoms with Crippen molar-refractivity contribution in [2.45, 2.75) is 25.2 Å². The average molecular weight is 401 g/mol. The molecule has 4 heteroatoms. The molecule has 0 aromatic heterocycles. The zero-order valence-electron chi connectivity index (χ0n) is 17.1. The number of benzene rings is 3. The summed E-state index contributed by atoms with van der Waals surface area (Å²) in [7, 11) is 0. The number of carbonyl (C=O) groups excluding carboxylic acids is 2. The van der Waals surface area contributed by atoms with Crippen LogP contribution in [0.25, 0.3) is 0 Å². The molecule has 2 amide bonds. The molecule has 0 heterocycles. The van der Waals surface area contributed by atoms with E-state index in [-0.39, 0.29) is 24.2 Å². The van der Waals surface area contributed by atoms with Crippen LogP contribution in [0.2, 0.25) is 0 Å². The van der Waals surface area contributed by atoms with Crippen molar-refractivity contribution in [1.82, 2.24) is 10.6 Å². The Bertz CT molecular complexity index is 872. The summed E-state index contributed by atoms with van der Waals surface area (Å²) in [6.45, 7) is 0.934. The van der Waals surface area contributed by atoms with E-state index in [4.69, 9.17) is 0 Å². The molecule has 0 aliphatic carbocycles. The van der Waals surface area contributed by atoms with Crippen molar-refractivity contribution in [1.29, 1.82) is 0 Å². The Morgan fingerprint density at radius 1 is 0.633 bits per heavy atom. The van der Waals surface area contributed by atoms with Crippen LogP contribution in [0.1, 0.15) is 35.4 Å². The zero-order chi connectivity index (χ0) is 21.0. The highest BCUT2D eigenvalue weighted by molar-refractivity contribution is 5.80. The molecular weight excluding hydrogens is 372 g/mol. The molecule has 30 heavy (non-hydrogen) atoms. The molecule has 0 aliphatic rings. The SMILES string of the molecule is O=C(CCNC(=O)Cc1ccccc1)NCCC(c1ccccc1)c1ccccc1. The van der Waals surface area contributed by atoms with Gasteiger partial charge in [0.2, 0.25) is 11.8 Å². The molecule has 3 rings (SSSR count). The molecule has 0 unspecified atom stereocenters. The molecule has 0 radical (unpaired) electrons. The molecule has 154 valence electrons. The first kappa shape index (κ1) is 21.3. The monoisotopic (exact) mass is 400 g/mol. The fourth-order valence-electron chi connectivity index (χ4n) is 3.50. The molecular formula is C26H28N2O2. The van der Waals surface area contributed by atoms with Gasteiger partial charge in [-0.25, -0.2) is 0 Å². The van der Waals surface area contributed by atoms with Gasteiger partial charge >= 0.3 is 0 Å². The third kappa shape index (κ3) is 6.89. The van der Waals surface area contributed by atoms with Crippen molar-refractivity contribution in [2.75, 3.05) is 13.1 Å². The number of nitrogens with one attached hydrogen (secondary N) is 2. The first-order valence-corrected chi connectivity index (χ1v) is 10.4. The summed E-state index contributed by atoms with van der Waals surface area (Å²) < 4.78 is 0. The molecule has 2 N–H and O–H groups in total. The van der Waals surface area contributed by atoms with E-state index in [0.29, 0.717) is 19.5 Å². The van der Waals surface area contributed by atoms with Crippen LogP contribution in [0, 0.1) is 0 Å². The maximum atomic E-state index is 12.2. The lowest BCUT2D eigenvalue weighted by Crippen LogP contribution is -2.32. The fourth-order valence-corrected chi connectivity index (χ4v) is 3.50. The van der Waals surface area contributed by atoms with Gasteiger partial charge < -0.3 is 10.6 Å². The van der Waals surface area contributed by atoms with Gasteiger partial charge in [-0.3, -0.25) is 9.59 Å². The minimum Gasteiger partial charge on any atom is -0.356 e. The van der Waals surface area contributed by atoms with Crippen LogP contribution in [0.5, 0.6) is 0 Å². The predicted molar refractivity (Wildman–Crippen MR) is 120 cm³/mol. The van der Waals surface area contributed by atoms with Crippen LogP contribution in [0.15, 0.2) is 91.0 Å². The van der Waals surface area contributed by atoms with Crippen LogP contribution >= 0.6 is 0 Å². The summed E-state index contributed by atoms with van der Waals surface area (Å²) in [6.07, 6.45) is 1.43. The van der Waals surface area contributed by atoms with E-state index in [1.165, 1.54) is 11.1 Å². The lowest BCUT2D eigenvalue weighted by molar-refractivity contribution is -0.122. The van der Waals surface area contributed by atoms with Crippen molar-refractivity contribution < 1.29 is 9.59 Å². The van der Waals surface area contributed by atoms with Gasteiger partial charge in [0, 0.05) is 25.4 Å². The maximum Gasteiger partial charge on any atom is 0.224 e. The van der Waals surface area contributed by atoms with Crippen molar-refractivity contribution in [2.24, 2.45) is 0 Å². The molecule has 0 aliphatic heterocycles. The standard InChI is InChI=1S/C26H28N2O2/c29-25(17-19-28-26(30)20-21-10-4-1-5-11-21)27-18-16-24(22-12-6-2-7-13-22)23-14-8-3-9-15-23/h1-15,24H,16-20H2,(H,27,29)(H,28,30). The molecule has 0 fully saturated rings. The van der Waals surface area contributed by atoms with E-state index in [1.807, 2.05) is 66.7 Å². The van der Waals surface area contributed by atoms with E-state index in [9.17, 15) is 9.59 Å². The topological polar surface area (TPSA) is 58.2 Å². The summed E-state index contributed by atoms with van der Waals surface area (Å²) in [5.74, 6) is 0.121. The normalized spacial score (nSPS) is 10.6. The van der Waals surface area contributed by atoms with Crippen molar-refractivity contribution in [3.8, 4) is 0 Å². The van der Waals surface area contributed by atoms with Crippen LogP contribution in [-0.2, 0) is 16.0 Å². The second-order valence-corrected chi connectivity index (χ2v) is 7.27. The van der Waals surface area contributed by atoms with E-state index in [1.54, 1.807) is 0 Å². The summed E-state index contributed by atoms with van der Waals surface area (Å²) in [6, 6.07) is 30.3. The molecule has 4 nitrogen and oxygen atoms in total. The summed E-state index contributed by atoms with van der Waals surface area (Å²) >= 11 is 0. The second kappa shape index (κ2) is 11.6. The molecule has 0 saturated heterocycles. The molecule has 0 atom stereocenters. The smallest absolute Gasteiger partial charge is 0.224 e. The third-order valence-corrected chi connectivity index (χ3v) is 5.04. The van der Waals surface area contributed by atoms with Crippen LogP contribution in [0.3, 0.4) is 0 Å². The Labute approximate surface area is 178 Å². The third-order valence-electron chi connectivity index (χ3n) is 5.04.